The van der Waals surface area contributed by atoms with E-state index < -0.39 is 0 Å². The maximum absolute atomic E-state index is 13.0. The normalized spacial score (nSPS) is 18.9. The van der Waals surface area contributed by atoms with Gasteiger partial charge in [-0.2, -0.15) is 0 Å². The van der Waals surface area contributed by atoms with Crippen molar-refractivity contribution in [3.63, 3.8) is 0 Å². The SMILES string of the molecule is CC1CCN(C(=O)c2nc(C(=O)N3CCCC3)n3ccccc23)CC1. The number of likely N-dealkylation sites (tertiary alicyclic amines) is 2. The summed E-state index contributed by atoms with van der Waals surface area (Å²) in [5, 5.41) is 0. The fourth-order valence-corrected chi connectivity index (χ4v) is 3.77. The Morgan fingerprint density at radius 3 is 2.40 bits per heavy atom. The van der Waals surface area contributed by atoms with Gasteiger partial charge in [0.15, 0.2) is 5.69 Å². The number of amides is 2. The lowest BCUT2D eigenvalue weighted by Crippen LogP contribution is -2.38. The molecule has 0 saturated carbocycles. The molecule has 2 aromatic heterocycles. The molecule has 0 aliphatic carbocycles. The Balaban J connectivity index is 1.69. The van der Waals surface area contributed by atoms with Gasteiger partial charge in [0.2, 0.25) is 5.82 Å². The minimum absolute atomic E-state index is 0.0592. The minimum Gasteiger partial charge on any atom is -0.337 e. The summed E-state index contributed by atoms with van der Waals surface area (Å²) in [6.45, 7) is 5.30. The van der Waals surface area contributed by atoms with Crippen molar-refractivity contribution in [2.45, 2.75) is 32.6 Å². The number of rotatable bonds is 2. The lowest BCUT2D eigenvalue weighted by Gasteiger charge is -2.29. The van der Waals surface area contributed by atoms with Crippen LogP contribution in [0, 0.1) is 5.92 Å². The molecule has 0 atom stereocenters. The maximum Gasteiger partial charge on any atom is 0.290 e. The van der Waals surface area contributed by atoms with Crippen LogP contribution in [0.3, 0.4) is 0 Å². The van der Waals surface area contributed by atoms with E-state index in [0.717, 1.165) is 51.9 Å². The average Bonchev–Trinajstić information content (AvgIpc) is 3.29. The van der Waals surface area contributed by atoms with Crippen LogP contribution in [0.4, 0.5) is 0 Å². The lowest BCUT2D eigenvalue weighted by molar-refractivity contribution is 0.0693. The van der Waals surface area contributed by atoms with E-state index in [1.54, 1.807) is 4.40 Å². The maximum atomic E-state index is 13.0. The van der Waals surface area contributed by atoms with Crippen molar-refractivity contribution in [1.82, 2.24) is 19.2 Å². The smallest absolute Gasteiger partial charge is 0.290 e. The van der Waals surface area contributed by atoms with Crippen molar-refractivity contribution < 1.29 is 9.59 Å². The Kier molecular flexibility index (Phi) is 4.19. The number of nitrogens with zero attached hydrogens (tertiary/aromatic N) is 4. The van der Waals surface area contributed by atoms with Crippen LogP contribution in [0.1, 0.15) is 53.7 Å². The highest BCUT2D eigenvalue weighted by Gasteiger charge is 2.29. The van der Waals surface area contributed by atoms with E-state index in [4.69, 9.17) is 0 Å². The second-order valence-corrected chi connectivity index (χ2v) is 7.21. The van der Waals surface area contributed by atoms with Crippen LogP contribution < -0.4 is 0 Å². The predicted octanol–water partition coefficient (Wildman–Crippen LogP) is 2.44. The monoisotopic (exact) mass is 340 g/mol. The molecule has 2 amide bonds. The fourth-order valence-electron chi connectivity index (χ4n) is 3.77. The quantitative estimate of drug-likeness (QED) is 0.844. The Hall–Kier alpha value is -2.37. The number of imidazole rings is 1. The first-order valence-electron chi connectivity index (χ1n) is 9.21. The van der Waals surface area contributed by atoms with Crippen LogP contribution in [0.15, 0.2) is 24.4 Å². The van der Waals surface area contributed by atoms with Crippen molar-refractivity contribution in [3.05, 3.63) is 35.9 Å². The van der Waals surface area contributed by atoms with Crippen LogP contribution in [0.25, 0.3) is 5.52 Å². The molecule has 6 heteroatoms. The van der Waals surface area contributed by atoms with Crippen molar-refractivity contribution in [2.75, 3.05) is 26.2 Å². The van der Waals surface area contributed by atoms with Gasteiger partial charge >= 0.3 is 0 Å². The van der Waals surface area contributed by atoms with Gasteiger partial charge in [-0.25, -0.2) is 4.98 Å². The third kappa shape index (κ3) is 2.90. The third-order valence-corrected chi connectivity index (χ3v) is 5.41. The third-order valence-electron chi connectivity index (χ3n) is 5.41. The molecule has 2 aromatic rings. The zero-order valence-electron chi connectivity index (χ0n) is 14.6. The standard InChI is InChI=1S/C19H24N4O2/c1-14-7-12-22(13-8-14)18(24)16-15-6-2-3-11-23(15)17(20-16)19(25)21-9-4-5-10-21/h2-3,6,11,14H,4-5,7-10,12-13H2,1H3. The second-order valence-electron chi connectivity index (χ2n) is 7.21. The molecule has 0 spiro atoms. The molecule has 2 aliphatic heterocycles. The van der Waals surface area contributed by atoms with Gasteiger partial charge in [-0.15, -0.1) is 0 Å². The first kappa shape index (κ1) is 16.1. The zero-order valence-corrected chi connectivity index (χ0v) is 14.6. The topological polar surface area (TPSA) is 57.9 Å². The highest BCUT2D eigenvalue weighted by molar-refractivity contribution is 6.02. The molecule has 2 aliphatic rings. The van der Waals surface area contributed by atoms with Gasteiger partial charge in [0.1, 0.15) is 0 Å². The Labute approximate surface area is 147 Å². The fraction of sp³-hybridized carbons (Fsp3) is 0.526. The van der Waals surface area contributed by atoms with Gasteiger partial charge in [-0.1, -0.05) is 13.0 Å². The highest BCUT2D eigenvalue weighted by Crippen LogP contribution is 2.22. The van der Waals surface area contributed by atoms with Crippen LogP contribution in [-0.2, 0) is 0 Å². The van der Waals surface area contributed by atoms with E-state index in [2.05, 4.69) is 11.9 Å². The summed E-state index contributed by atoms with van der Waals surface area (Å²) in [7, 11) is 0. The molecule has 2 fully saturated rings. The summed E-state index contributed by atoms with van der Waals surface area (Å²) >= 11 is 0. The van der Waals surface area contributed by atoms with Gasteiger partial charge in [0.25, 0.3) is 11.8 Å². The number of hydrogen-bond acceptors (Lipinski definition) is 3. The first-order valence-corrected chi connectivity index (χ1v) is 9.21. The lowest BCUT2D eigenvalue weighted by atomic mass is 9.99. The molecule has 0 N–H and O–H groups in total. The van der Waals surface area contributed by atoms with E-state index in [9.17, 15) is 9.59 Å². The molecular formula is C19H24N4O2. The van der Waals surface area contributed by atoms with Crippen molar-refractivity contribution in [3.8, 4) is 0 Å². The van der Waals surface area contributed by atoms with Crippen LogP contribution >= 0.6 is 0 Å². The second kappa shape index (κ2) is 6.50. The van der Waals surface area contributed by atoms with Gasteiger partial charge in [-0.05, 0) is 43.7 Å². The molecule has 0 unspecified atom stereocenters. The number of pyridine rings is 1. The molecule has 2 saturated heterocycles. The molecule has 6 nitrogen and oxygen atoms in total. The predicted molar refractivity (Wildman–Crippen MR) is 94.6 cm³/mol. The van der Waals surface area contributed by atoms with E-state index in [1.165, 1.54) is 0 Å². The largest absolute Gasteiger partial charge is 0.337 e. The van der Waals surface area contributed by atoms with E-state index in [0.29, 0.717) is 23.0 Å². The highest BCUT2D eigenvalue weighted by atomic mass is 16.2. The molecule has 0 radical (unpaired) electrons. The number of aromatic nitrogens is 2. The van der Waals surface area contributed by atoms with Crippen molar-refractivity contribution in [1.29, 1.82) is 0 Å². The summed E-state index contributed by atoms with van der Waals surface area (Å²) in [5.41, 5.74) is 1.12. The van der Waals surface area contributed by atoms with Gasteiger partial charge < -0.3 is 9.80 Å². The summed E-state index contributed by atoms with van der Waals surface area (Å²) in [6.07, 6.45) is 5.94. The van der Waals surface area contributed by atoms with E-state index in [1.807, 2.05) is 34.2 Å². The van der Waals surface area contributed by atoms with Gasteiger partial charge in [0, 0.05) is 32.4 Å². The van der Waals surface area contributed by atoms with Crippen LogP contribution in [0.2, 0.25) is 0 Å². The van der Waals surface area contributed by atoms with E-state index in [-0.39, 0.29) is 11.8 Å². The first-order chi connectivity index (χ1) is 12.1. The van der Waals surface area contributed by atoms with Gasteiger partial charge in [-0.3, -0.25) is 14.0 Å². The molecular weight excluding hydrogens is 316 g/mol. The summed E-state index contributed by atoms with van der Waals surface area (Å²) < 4.78 is 1.76. The van der Waals surface area contributed by atoms with Crippen LogP contribution in [-0.4, -0.2) is 57.2 Å². The molecule has 0 aromatic carbocycles. The van der Waals surface area contributed by atoms with Crippen LogP contribution in [0.5, 0.6) is 0 Å². The number of hydrogen-bond donors (Lipinski definition) is 0. The zero-order chi connectivity index (χ0) is 17.4. The van der Waals surface area contributed by atoms with Crippen molar-refractivity contribution >= 4 is 17.3 Å². The average molecular weight is 340 g/mol. The Morgan fingerprint density at radius 1 is 1.00 bits per heavy atom. The summed E-state index contributed by atoms with van der Waals surface area (Å²) in [5.74, 6) is 0.877. The van der Waals surface area contributed by atoms with Crippen molar-refractivity contribution in [2.24, 2.45) is 5.92 Å². The molecule has 25 heavy (non-hydrogen) atoms. The molecule has 4 rings (SSSR count). The number of carbonyl (C=O) groups excluding carboxylic acids is 2. The number of fused-ring (bicyclic) bond motifs is 1. The van der Waals surface area contributed by atoms with E-state index >= 15 is 0 Å². The summed E-state index contributed by atoms with van der Waals surface area (Å²) in [4.78, 5) is 34.1. The van der Waals surface area contributed by atoms with Gasteiger partial charge in [0.05, 0.1) is 5.52 Å². The number of piperidine rings is 1. The summed E-state index contributed by atoms with van der Waals surface area (Å²) in [6, 6.07) is 5.62. The molecule has 132 valence electrons. The molecule has 0 bridgehead atoms. The Bertz CT molecular complexity index is 799. The number of carbonyl (C=O) groups is 2. The Morgan fingerprint density at radius 2 is 1.68 bits per heavy atom. The molecule has 4 heterocycles. The minimum atomic E-state index is -0.0787.